The zero-order valence-corrected chi connectivity index (χ0v) is 24.2. The summed E-state index contributed by atoms with van der Waals surface area (Å²) in [7, 11) is 0. The molecule has 0 bridgehead atoms. The van der Waals surface area contributed by atoms with Crippen LogP contribution in [0.1, 0.15) is 38.3 Å². The quantitative estimate of drug-likeness (QED) is 0.287. The Morgan fingerprint density at radius 3 is 2.49 bits per heavy atom. The van der Waals surface area contributed by atoms with Crippen LogP contribution >= 0.6 is 50.9 Å². The van der Waals surface area contributed by atoms with Gasteiger partial charge in [0.1, 0.15) is 23.0 Å². The fourth-order valence-electron chi connectivity index (χ4n) is 3.19. The van der Waals surface area contributed by atoms with E-state index >= 15 is 0 Å². The molecule has 0 unspecified atom stereocenters. The van der Waals surface area contributed by atoms with E-state index in [-0.39, 0.29) is 36.0 Å². The van der Waals surface area contributed by atoms with Crippen LogP contribution in [0.5, 0.6) is 11.5 Å². The molecule has 0 saturated carbocycles. The van der Waals surface area contributed by atoms with Crippen LogP contribution in [0, 0.1) is 0 Å². The second kappa shape index (κ2) is 13.4. The minimum Gasteiger partial charge on any atom is -0.506 e. The van der Waals surface area contributed by atoms with Gasteiger partial charge >= 0.3 is 5.97 Å². The normalized spacial score (nSPS) is 15.4. The zero-order chi connectivity index (χ0) is 27.1. The van der Waals surface area contributed by atoms with Gasteiger partial charge in [-0.1, -0.05) is 48.0 Å². The maximum Gasteiger partial charge on any atom is 0.344 e. The van der Waals surface area contributed by atoms with Crippen molar-refractivity contribution < 1.29 is 28.9 Å². The number of amides is 1. The number of aliphatic imine (C=N–C) groups is 1. The summed E-state index contributed by atoms with van der Waals surface area (Å²) in [4.78, 5) is 28.7. The van der Waals surface area contributed by atoms with Crippen molar-refractivity contribution in [1.29, 1.82) is 0 Å². The van der Waals surface area contributed by atoms with Gasteiger partial charge in [-0.15, -0.1) is 0 Å². The van der Waals surface area contributed by atoms with Crippen LogP contribution in [0.4, 0.5) is 0 Å². The number of aliphatic hydroxyl groups is 1. The van der Waals surface area contributed by atoms with E-state index in [0.29, 0.717) is 43.1 Å². The molecule has 0 aromatic heterocycles. The van der Waals surface area contributed by atoms with Crippen LogP contribution in [0.2, 0.25) is 10.0 Å². The van der Waals surface area contributed by atoms with Gasteiger partial charge < -0.3 is 19.3 Å². The lowest BCUT2D eigenvalue weighted by molar-refractivity contribution is -0.138. The highest BCUT2D eigenvalue weighted by Crippen LogP contribution is 2.42. The fourth-order valence-corrected chi connectivity index (χ4v) is 5.12. The fraction of sp³-hybridized carbons (Fsp3) is 0.269. The van der Waals surface area contributed by atoms with E-state index in [1.807, 2.05) is 13.0 Å². The molecule has 2 aromatic rings. The van der Waals surface area contributed by atoms with Crippen LogP contribution in [0.15, 0.2) is 56.0 Å². The highest BCUT2D eigenvalue weighted by atomic mass is 79.9. The molecule has 1 amide bonds. The molecule has 0 atom stereocenters. The first-order valence-electron chi connectivity index (χ1n) is 11.3. The first-order chi connectivity index (χ1) is 17.7. The molecule has 1 aliphatic heterocycles. The monoisotopic (exact) mass is 627 g/mol. The summed E-state index contributed by atoms with van der Waals surface area (Å²) in [5, 5.41) is 11.8. The number of halogens is 3. The van der Waals surface area contributed by atoms with E-state index < -0.39 is 11.9 Å². The Labute approximate surface area is 237 Å². The zero-order valence-electron chi connectivity index (χ0n) is 20.3. The largest absolute Gasteiger partial charge is 0.506 e. The molecule has 0 saturated heterocycles. The maximum absolute atomic E-state index is 12.5. The minimum atomic E-state index is -0.749. The number of esters is 1. The maximum atomic E-state index is 12.5. The van der Waals surface area contributed by atoms with E-state index in [9.17, 15) is 14.7 Å². The Morgan fingerprint density at radius 1 is 1.08 bits per heavy atom. The summed E-state index contributed by atoms with van der Waals surface area (Å²) in [5.41, 5.74) is 1.34. The molecule has 0 fully saturated rings. The summed E-state index contributed by atoms with van der Waals surface area (Å²) < 4.78 is 17.5. The number of nitrogens with zero attached hydrogens (tertiary/aromatic N) is 1. The molecule has 37 heavy (non-hydrogen) atoms. The first kappa shape index (κ1) is 29.1. The molecule has 1 heterocycles. The molecule has 196 valence electrons. The van der Waals surface area contributed by atoms with Crippen molar-refractivity contribution in [2.45, 2.75) is 33.8 Å². The summed E-state index contributed by atoms with van der Waals surface area (Å²) in [6.45, 7) is 5.89. The summed E-state index contributed by atoms with van der Waals surface area (Å²) in [6, 6.07) is 8.77. The predicted molar refractivity (Wildman–Crippen MR) is 151 cm³/mol. The molecular weight excluding hydrogens is 605 g/mol. The van der Waals surface area contributed by atoms with Crippen molar-refractivity contribution >= 4 is 73.9 Å². The van der Waals surface area contributed by atoms with E-state index in [0.717, 1.165) is 17.3 Å². The van der Waals surface area contributed by atoms with Gasteiger partial charge in [-0.05, 0) is 71.2 Å². The van der Waals surface area contributed by atoms with Crippen molar-refractivity contribution in [1.82, 2.24) is 0 Å². The van der Waals surface area contributed by atoms with Gasteiger partial charge in [0.05, 0.1) is 32.6 Å². The highest BCUT2D eigenvalue weighted by molar-refractivity contribution is 9.10. The predicted octanol–water partition coefficient (Wildman–Crippen LogP) is 7.53. The van der Waals surface area contributed by atoms with Crippen molar-refractivity contribution in [2.75, 3.05) is 13.2 Å². The van der Waals surface area contributed by atoms with Gasteiger partial charge in [0.15, 0.2) is 11.5 Å². The molecule has 11 heteroatoms. The Hall–Kier alpha value is -2.46. The lowest BCUT2D eigenvalue weighted by atomic mass is 10.1. The number of thioether (sulfide) groups is 1. The van der Waals surface area contributed by atoms with Crippen molar-refractivity contribution in [2.24, 2.45) is 4.99 Å². The Bertz CT molecular complexity index is 1310. The standard InChI is InChI=1S/C26H24BrCl2NO6S/c1-4-21(31)30-25-22(26(33)35-6-3)23(32)20(37-25)12-15-9-16(27)24(19(11-15)34-5-2)36-13-14-7-8-17(28)18(29)10-14/h7-12,32H,4-6,13H2,1-3H3/b20-12-,30-25?. The first-order valence-corrected chi connectivity index (χ1v) is 13.7. The van der Waals surface area contributed by atoms with Gasteiger partial charge in [0.2, 0.25) is 5.91 Å². The van der Waals surface area contributed by atoms with Gasteiger partial charge in [-0.2, -0.15) is 0 Å². The van der Waals surface area contributed by atoms with Gasteiger partial charge in [-0.3, -0.25) is 4.79 Å². The smallest absolute Gasteiger partial charge is 0.344 e. The van der Waals surface area contributed by atoms with Gasteiger partial charge in [0, 0.05) is 6.42 Å². The lowest BCUT2D eigenvalue weighted by Gasteiger charge is -2.15. The molecule has 3 rings (SSSR count). The van der Waals surface area contributed by atoms with Gasteiger partial charge in [-0.25, -0.2) is 9.79 Å². The second-order valence-corrected chi connectivity index (χ2v) is 10.2. The van der Waals surface area contributed by atoms with Crippen LogP contribution < -0.4 is 9.47 Å². The van der Waals surface area contributed by atoms with Crippen molar-refractivity contribution in [3.63, 3.8) is 0 Å². The highest BCUT2D eigenvalue weighted by Gasteiger charge is 2.33. The number of rotatable bonds is 9. The van der Waals surface area contributed by atoms with E-state index in [4.69, 9.17) is 37.4 Å². The molecule has 0 aliphatic carbocycles. The number of hydrogen-bond acceptors (Lipinski definition) is 7. The topological polar surface area (TPSA) is 94.4 Å². The average molecular weight is 629 g/mol. The molecule has 1 N–H and O–H groups in total. The Morgan fingerprint density at radius 2 is 1.84 bits per heavy atom. The number of benzene rings is 2. The number of aliphatic hydroxyl groups excluding tert-OH is 1. The Balaban J connectivity index is 1.96. The van der Waals surface area contributed by atoms with Crippen LogP contribution in [-0.4, -0.2) is 35.2 Å². The van der Waals surface area contributed by atoms with Crippen LogP contribution in [0.3, 0.4) is 0 Å². The van der Waals surface area contributed by atoms with E-state index in [1.54, 1.807) is 44.2 Å². The number of hydrogen-bond donors (Lipinski definition) is 1. The van der Waals surface area contributed by atoms with Gasteiger partial charge in [0.25, 0.3) is 0 Å². The van der Waals surface area contributed by atoms with Crippen LogP contribution in [-0.2, 0) is 20.9 Å². The van der Waals surface area contributed by atoms with E-state index in [2.05, 4.69) is 20.9 Å². The third-order valence-electron chi connectivity index (χ3n) is 4.90. The molecule has 0 spiro atoms. The van der Waals surface area contributed by atoms with E-state index in [1.165, 1.54) is 0 Å². The molecular formula is C26H24BrCl2NO6S. The molecule has 2 aromatic carbocycles. The summed E-state index contributed by atoms with van der Waals surface area (Å²) >= 11 is 16.6. The third-order valence-corrected chi connectivity index (χ3v) is 7.24. The number of carbonyl (C=O) groups excluding carboxylic acids is 2. The summed E-state index contributed by atoms with van der Waals surface area (Å²) in [5.74, 6) is -0.517. The van der Waals surface area contributed by atoms with Crippen LogP contribution in [0.25, 0.3) is 6.08 Å². The molecule has 1 aliphatic rings. The second-order valence-electron chi connectivity index (χ2n) is 7.52. The third kappa shape index (κ3) is 7.31. The molecule has 7 nitrogen and oxygen atoms in total. The number of carbonyl (C=O) groups is 2. The number of ether oxygens (including phenoxy) is 3. The average Bonchev–Trinajstić information content (AvgIpc) is 3.15. The Kier molecular flexibility index (Phi) is 10.5. The molecule has 0 radical (unpaired) electrons. The van der Waals surface area contributed by atoms with Crippen molar-refractivity contribution in [3.05, 3.63) is 72.2 Å². The SMILES string of the molecule is CCOC(=O)C1=C(O)/C(=C/c2cc(Br)c(OCc3ccc(Cl)c(Cl)c3)c(OCC)c2)SC1=NC(=O)CC. The minimum absolute atomic E-state index is 0.0970. The lowest BCUT2D eigenvalue weighted by Crippen LogP contribution is -2.14. The van der Waals surface area contributed by atoms with Crippen molar-refractivity contribution in [3.8, 4) is 11.5 Å². The summed E-state index contributed by atoms with van der Waals surface area (Å²) in [6.07, 6.45) is 1.82.